The first-order chi connectivity index (χ1) is 5.61. The van der Waals surface area contributed by atoms with Gasteiger partial charge in [-0.05, 0) is 6.07 Å². The van der Waals surface area contributed by atoms with Crippen LogP contribution in [-0.4, -0.2) is 34.9 Å². The van der Waals surface area contributed by atoms with Crippen molar-refractivity contribution >= 4 is 11.7 Å². The molecule has 1 amide bonds. The molecule has 0 saturated carbocycles. The Morgan fingerprint density at radius 2 is 2.25 bits per heavy atom. The summed E-state index contributed by atoms with van der Waals surface area (Å²) in [6, 6.07) is 1.53. The van der Waals surface area contributed by atoms with Crippen LogP contribution in [0.25, 0.3) is 0 Å². The lowest BCUT2D eigenvalue weighted by Crippen LogP contribution is -2.24. The minimum Gasteiger partial charge on any atom is -0.384 e. The van der Waals surface area contributed by atoms with Crippen molar-refractivity contribution in [2.45, 2.75) is 0 Å². The van der Waals surface area contributed by atoms with Crippen LogP contribution in [0, 0.1) is 0 Å². The largest absolute Gasteiger partial charge is 0.384 e. The van der Waals surface area contributed by atoms with Crippen LogP contribution in [0.4, 0.5) is 5.82 Å². The summed E-state index contributed by atoms with van der Waals surface area (Å²) < 4.78 is 0. The predicted molar refractivity (Wildman–Crippen MR) is 44.5 cm³/mol. The Hall–Kier alpha value is -1.65. The van der Waals surface area contributed by atoms with Gasteiger partial charge in [-0.1, -0.05) is 0 Å². The molecule has 0 spiro atoms. The van der Waals surface area contributed by atoms with Crippen LogP contribution in [-0.2, 0) is 0 Å². The van der Waals surface area contributed by atoms with Crippen molar-refractivity contribution in [3.05, 3.63) is 18.1 Å². The molecule has 0 unspecified atom stereocenters. The Balaban J connectivity index is 2.96. The van der Waals surface area contributed by atoms with Crippen LogP contribution in [0.15, 0.2) is 12.3 Å². The summed E-state index contributed by atoms with van der Waals surface area (Å²) in [5.74, 6) is 0.178. The van der Waals surface area contributed by atoms with E-state index in [-0.39, 0.29) is 11.7 Å². The van der Waals surface area contributed by atoms with Gasteiger partial charge in [-0.3, -0.25) is 4.79 Å². The molecule has 1 aromatic heterocycles. The first-order valence-corrected chi connectivity index (χ1v) is 3.41. The first-order valence-electron chi connectivity index (χ1n) is 3.41. The number of amides is 1. The van der Waals surface area contributed by atoms with Crippen LogP contribution in [0.3, 0.4) is 0 Å². The van der Waals surface area contributed by atoms with Gasteiger partial charge >= 0.3 is 0 Å². The molecule has 1 aromatic rings. The van der Waals surface area contributed by atoms with Gasteiger partial charge in [-0.15, -0.1) is 0 Å². The Morgan fingerprint density at radius 1 is 1.58 bits per heavy atom. The number of aromatic nitrogens is 2. The van der Waals surface area contributed by atoms with Crippen LogP contribution in [0.1, 0.15) is 10.6 Å². The molecule has 5 heteroatoms. The quantitative estimate of drug-likeness (QED) is 0.625. The Kier molecular flexibility index (Phi) is 2.23. The second kappa shape index (κ2) is 3.17. The van der Waals surface area contributed by atoms with Gasteiger partial charge in [-0.2, -0.15) is 0 Å². The van der Waals surface area contributed by atoms with E-state index in [2.05, 4.69) is 9.97 Å². The highest BCUT2D eigenvalue weighted by Crippen LogP contribution is 1.97. The summed E-state index contributed by atoms with van der Waals surface area (Å²) in [5, 5.41) is 0. The van der Waals surface area contributed by atoms with Gasteiger partial charge in [0.25, 0.3) is 5.91 Å². The summed E-state index contributed by atoms with van der Waals surface area (Å²) in [6.07, 6.45) is 1.46. The van der Waals surface area contributed by atoms with E-state index in [0.717, 1.165) is 0 Å². The van der Waals surface area contributed by atoms with Gasteiger partial charge in [0.05, 0.1) is 0 Å². The Morgan fingerprint density at radius 3 is 2.75 bits per heavy atom. The number of nitrogens with two attached hydrogens (primary N) is 1. The molecule has 0 radical (unpaired) electrons. The SMILES string of the molecule is CN(C)C(=O)c1nccc(N)n1. The van der Waals surface area contributed by atoms with Gasteiger partial charge in [0.1, 0.15) is 5.82 Å². The zero-order valence-corrected chi connectivity index (χ0v) is 6.98. The average Bonchev–Trinajstić information content (AvgIpc) is 2.03. The Bertz CT molecular complexity index is 297. The minimum absolute atomic E-state index is 0.125. The van der Waals surface area contributed by atoms with Crippen LogP contribution in [0.2, 0.25) is 0 Å². The predicted octanol–water partition coefficient (Wildman–Crippen LogP) is -0.239. The molecule has 0 saturated heterocycles. The summed E-state index contributed by atoms with van der Waals surface area (Å²) in [5.41, 5.74) is 5.37. The molecule has 12 heavy (non-hydrogen) atoms. The van der Waals surface area contributed by atoms with Crippen molar-refractivity contribution in [3.63, 3.8) is 0 Å². The van der Waals surface area contributed by atoms with E-state index >= 15 is 0 Å². The second-order valence-corrected chi connectivity index (χ2v) is 2.50. The number of rotatable bonds is 1. The maximum absolute atomic E-state index is 11.2. The second-order valence-electron chi connectivity index (χ2n) is 2.50. The molecule has 0 aromatic carbocycles. The summed E-state index contributed by atoms with van der Waals surface area (Å²) in [6.45, 7) is 0. The number of nitrogen functional groups attached to an aromatic ring is 1. The smallest absolute Gasteiger partial charge is 0.291 e. The van der Waals surface area contributed by atoms with Gasteiger partial charge in [-0.25, -0.2) is 9.97 Å². The summed E-state index contributed by atoms with van der Waals surface area (Å²) >= 11 is 0. The summed E-state index contributed by atoms with van der Waals surface area (Å²) in [4.78, 5) is 20.2. The van der Waals surface area contributed by atoms with Crippen molar-refractivity contribution in [1.29, 1.82) is 0 Å². The molecule has 0 aliphatic carbocycles. The number of hydrogen-bond donors (Lipinski definition) is 1. The molecule has 5 nitrogen and oxygen atoms in total. The van der Waals surface area contributed by atoms with Crippen molar-refractivity contribution in [3.8, 4) is 0 Å². The molecule has 0 bridgehead atoms. The van der Waals surface area contributed by atoms with Gasteiger partial charge in [0.15, 0.2) is 0 Å². The Labute approximate surface area is 70.2 Å². The number of hydrogen-bond acceptors (Lipinski definition) is 4. The van der Waals surface area contributed by atoms with Gasteiger partial charge < -0.3 is 10.6 Å². The standard InChI is InChI=1S/C7H10N4O/c1-11(2)7(12)6-9-4-3-5(8)10-6/h3-4H,1-2H3,(H2,8,9,10). The number of carbonyl (C=O) groups excluding carboxylic acids is 1. The highest BCUT2D eigenvalue weighted by molar-refractivity contribution is 5.90. The van der Waals surface area contributed by atoms with Crippen LogP contribution in [0.5, 0.6) is 0 Å². The van der Waals surface area contributed by atoms with E-state index in [9.17, 15) is 4.79 Å². The number of nitrogens with zero attached hydrogens (tertiary/aromatic N) is 3. The highest BCUT2D eigenvalue weighted by atomic mass is 16.2. The molecular weight excluding hydrogens is 156 g/mol. The molecule has 64 valence electrons. The fourth-order valence-corrected chi connectivity index (χ4v) is 0.676. The monoisotopic (exact) mass is 166 g/mol. The van der Waals surface area contributed by atoms with Gasteiger partial charge in [0, 0.05) is 20.3 Å². The topological polar surface area (TPSA) is 72.1 Å². The number of anilines is 1. The molecule has 0 fully saturated rings. The lowest BCUT2D eigenvalue weighted by atomic mass is 10.5. The van der Waals surface area contributed by atoms with Crippen molar-refractivity contribution in [1.82, 2.24) is 14.9 Å². The molecule has 1 heterocycles. The van der Waals surface area contributed by atoms with E-state index in [4.69, 9.17) is 5.73 Å². The molecule has 1 rings (SSSR count). The van der Waals surface area contributed by atoms with Crippen LogP contribution < -0.4 is 5.73 Å². The van der Waals surface area contributed by atoms with Crippen molar-refractivity contribution in [2.24, 2.45) is 0 Å². The zero-order valence-electron chi connectivity index (χ0n) is 6.98. The van der Waals surface area contributed by atoms with E-state index < -0.39 is 0 Å². The summed E-state index contributed by atoms with van der Waals surface area (Å²) in [7, 11) is 3.27. The van der Waals surface area contributed by atoms with Crippen molar-refractivity contribution in [2.75, 3.05) is 19.8 Å². The molecule has 0 aliphatic heterocycles. The molecule has 0 atom stereocenters. The minimum atomic E-state index is -0.248. The normalized spacial score (nSPS) is 9.50. The third-order valence-corrected chi connectivity index (χ3v) is 1.27. The zero-order chi connectivity index (χ0) is 9.14. The van der Waals surface area contributed by atoms with Gasteiger partial charge in [0.2, 0.25) is 5.82 Å². The molecular formula is C7H10N4O. The van der Waals surface area contributed by atoms with Crippen LogP contribution >= 0.6 is 0 Å². The maximum atomic E-state index is 11.2. The average molecular weight is 166 g/mol. The third kappa shape index (κ3) is 1.69. The van der Waals surface area contributed by atoms with Crippen molar-refractivity contribution < 1.29 is 4.79 Å². The lowest BCUT2D eigenvalue weighted by Gasteiger charge is -2.07. The third-order valence-electron chi connectivity index (χ3n) is 1.27. The first kappa shape index (κ1) is 8.45. The van der Waals surface area contributed by atoms with E-state index in [0.29, 0.717) is 5.82 Å². The fraction of sp³-hybridized carbons (Fsp3) is 0.286. The molecule has 0 aliphatic rings. The fourth-order valence-electron chi connectivity index (χ4n) is 0.676. The maximum Gasteiger partial charge on any atom is 0.291 e. The van der Waals surface area contributed by atoms with E-state index in [1.165, 1.54) is 17.2 Å². The number of carbonyl (C=O) groups is 1. The van der Waals surface area contributed by atoms with E-state index in [1.807, 2.05) is 0 Å². The highest BCUT2D eigenvalue weighted by Gasteiger charge is 2.10. The van der Waals surface area contributed by atoms with E-state index in [1.54, 1.807) is 14.1 Å². The molecule has 2 N–H and O–H groups in total. The lowest BCUT2D eigenvalue weighted by molar-refractivity contribution is 0.0816.